The molecular weight excluding hydrogens is 328 g/mol. The van der Waals surface area contributed by atoms with E-state index in [4.69, 9.17) is 0 Å². The molecule has 3 aromatic rings. The van der Waals surface area contributed by atoms with E-state index in [1.165, 1.54) is 33.6 Å². The van der Waals surface area contributed by atoms with Gasteiger partial charge in [0, 0.05) is 16.9 Å². The molecule has 3 atom stereocenters. The van der Waals surface area contributed by atoms with Gasteiger partial charge in [-0.15, -0.1) is 0 Å². The predicted molar refractivity (Wildman–Crippen MR) is 113 cm³/mol. The third-order valence-corrected chi connectivity index (χ3v) is 6.30. The zero-order valence-electron chi connectivity index (χ0n) is 16.2. The summed E-state index contributed by atoms with van der Waals surface area (Å²) >= 11 is 0. The van der Waals surface area contributed by atoms with Crippen molar-refractivity contribution in [3.8, 4) is 0 Å². The standard InChI is InChI=1S/C25H26N2/c1-17-14-18(2)23-21(15-17)26-25(3)16-22(19-10-6-4-7-11-19)27(24(23)25)20-12-8-5-9-13-20/h4-15,22,24,26H,16H2,1-3H3/t22-,24-,25-/m0/s1. The van der Waals surface area contributed by atoms with E-state index >= 15 is 0 Å². The molecule has 2 aliphatic rings. The monoisotopic (exact) mass is 354 g/mol. The maximum Gasteiger partial charge on any atom is 0.0799 e. The molecule has 0 aliphatic carbocycles. The molecule has 0 unspecified atom stereocenters. The van der Waals surface area contributed by atoms with Crippen LogP contribution in [0.1, 0.15) is 47.7 Å². The predicted octanol–water partition coefficient (Wildman–Crippen LogP) is 6.18. The third-order valence-electron chi connectivity index (χ3n) is 6.30. The largest absolute Gasteiger partial charge is 0.377 e. The lowest BCUT2D eigenvalue weighted by Crippen LogP contribution is -2.36. The van der Waals surface area contributed by atoms with Crippen LogP contribution in [0.4, 0.5) is 11.4 Å². The lowest BCUT2D eigenvalue weighted by molar-refractivity contribution is 0.493. The van der Waals surface area contributed by atoms with Crippen LogP contribution >= 0.6 is 0 Å². The Hall–Kier alpha value is -2.74. The Bertz CT molecular complexity index is 980. The number of nitrogens with one attached hydrogen (secondary N) is 1. The molecule has 1 N–H and O–H groups in total. The number of anilines is 2. The van der Waals surface area contributed by atoms with Gasteiger partial charge < -0.3 is 10.2 Å². The molecule has 0 saturated carbocycles. The fourth-order valence-corrected chi connectivity index (χ4v) is 5.31. The molecule has 2 heterocycles. The van der Waals surface area contributed by atoms with Crippen molar-refractivity contribution < 1.29 is 0 Å². The van der Waals surface area contributed by atoms with E-state index < -0.39 is 0 Å². The molecule has 136 valence electrons. The van der Waals surface area contributed by atoms with Crippen LogP contribution in [0.2, 0.25) is 0 Å². The maximum absolute atomic E-state index is 3.91. The van der Waals surface area contributed by atoms with Gasteiger partial charge >= 0.3 is 0 Å². The summed E-state index contributed by atoms with van der Waals surface area (Å²) in [4.78, 5) is 2.65. The highest BCUT2D eigenvalue weighted by atomic mass is 15.3. The molecule has 2 nitrogen and oxygen atoms in total. The second kappa shape index (κ2) is 5.88. The summed E-state index contributed by atoms with van der Waals surface area (Å²) < 4.78 is 0. The molecule has 1 saturated heterocycles. The minimum Gasteiger partial charge on any atom is -0.377 e. The first kappa shape index (κ1) is 16.4. The Labute approximate surface area is 161 Å². The Morgan fingerprint density at radius 2 is 1.59 bits per heavy atom. The summed E-state index contributed by atoms with van der Waals surface area (Å²) in [6, 6.07) is 27.2. The molecule has 2 heteroatoms. The van der Waals surface area contributed by atoms with Gasteiger partial charge in [0.25, 0.3) is 0 Å². The van der Waals surface area contributed by atoms with Crippen molar-refractivity contribution in [1.29, 1.82) is 0 Å². The van der Waals surface area contributed by atoms with E-state index in [9.17, 15) is 0 Å². The summed E-state index contributed by atoms with van der Waals surface area (Å²) in [5.41, 5.74) is 8.21. The van der Waals surface area contributed by atoms with Crippen molar-refractivity contribution in [2.45, 2.75) is 44.8 Å². The number of para-hydroxylation sites is 1. The zero-order valence-corrected chi connectivity index (χ0v) is 16.2. The second-order valence-corrected chi connectivity index (χ2v) is 8.36. The maximum atomic E-state index is 3.91. The molecule has 0 amide bonds. The highest BCUT2D eigenvalue weighted by Crippen LogP contribution is 2.58. The summed E-state index contributed by atoms with van der Waals surface area (Å²) in [6.45, 7) is 6.84. The molecular formula is C25H26N2. The summed E-state index contributed by atoms with van der Waals surface area (Å²) in [7, 11) is 0. The van der Waals surface area contributed by atoms with Gasteiger partial charge in [-0.1, -0.05) is 54.6 Å². The molecule has 2 aliphatic heterocycles. The average molecular weight is 354 g/mol. The van der Waals surface area contributed by atoms with Crippen LogP contribution in [0.3, 0.4) is 0 Å². The number of fused-ring (bicyclic) bond motifs is 3. The first-order valence-corrected chi connectivity index (χ1v) is 9.84. The molecule has 3 aromatic carbocycles. The Balaban J connectivity index is 1.71. The molecule has 0 spiro atoms. The van der Waals surface area contributed by atoms with Crippen LogP contribution in [0.15, 0.2) is 72.8 Å². The Morgan fingerprint density at radius 1 is 0.926 bits per heavy atom. The van der Waals surface area contributed by atoms with Crippen LogP contribution < -0.4 is 10.2 Å². The van der Waals surface area contributed by atoms with Crippen molar-refractivity contribution in [2.24, 2.45) is 0 Å². The van der Waals surface area contributed by atoms with Crippen molar-refractivity contribution in [1.82, 2.24) is 0 Å². The fourth-order valence-electron chi connectivity index (χ4n) is 5.31. The van der Waals surface area contributed by atoms with Gasteiger partial charge in [0.05, 0.1) is 17.6 Å². The molecule has 5 rings (SSSR count). The van der Waals surface area contributed by atoms with E-state index in [0.717, 1.165) is 6.42 Å². The van der Waals surface area contributed by atoms with Crippen LogP contribution in [0, 0.1) is 13.8 Å². The molecule has 0 radical (unpaired) electrons. The topological polar surface area (TPSA) is 15.3 Å². The van der Waals surface area contributed by atoms with Gasteiger partial charge in [-0.2, -0.15) is 0 Å². The van der Waals surface area contributed by atoms with Gasteiger partial charge in [-0.05, 0) is 62.1 Å². The van der Waals surface area contributed by atoms with Gasteiger partial charge in [0.2, 0.25) is 0 Å². The Morgan fingerprint density at radius 3 is 2.30 bits per heavy atom. The highest BCUT2D eigenvalue weighted by Gasteiger charge is 2.55. The number of hydrogen-bond donors (Lipinski definition) is 1. The molecule has 0 bridgehead atoms. The van der Waals surface area contributed by atoms with Gasteiger partial charge in [0.15, 0.2) is 0 Å². The minimum atomic E-state index is 0.0250. The van der Waals surface area contributed by atoms with Crippen molar-refractivity contribution in [3.63, 3.8) is 0 Å². The van der Waals surface area contributed by atoms with Crippen LogP contribution in [-0.4, -0.2) is 5.54 Å². The second-order valence-electron chi connectivity index (χ2n) is 8.36. The van der Waals surface area contributed by atoms with Crippen LogP contribution in [0.5, 0.6) is 0 Å². The average Bonchev–Trinajstić information content (AvgIpc) is 3.11. The van der Waals surface area contributed by atoms with Crippen molar-refractivity contribution in [3.05, 3.63) is 95.1 Å². The minimum absolute atomic E-state index is 0.0250. The van der Waals surface area contributed by atoms with Gasteiger partial charge in [-0.25, -0.2) is 0 Å². The normalized spacial score (nSPS) is 25.8. The van der Waals surface area contributed by atoms with E-state index in [2.05, 4.69) is 104 Å². The first-order chi connectivity index (χ1) is 13.1. The quantitative estimate of drug-likeness (QED) is 0.591. The lowest BCUT2D eigenvalue weighted by Gasteiger charge is -2.34. The van der Waals surface area contributed by atoms with E-state index in [0.29, 0.717) is 12.1 Å². The lowest BCUT2D eigenvalue weighted by atomic mass is 9.88. The Kier molecular flexibility index (Phi) is 3.58. The molecule has 1 fully saturated rings. The summed E-state index contributed by atoms with van der Waals surface area (Å²) in [5.74, 6) is 0. The van der Waals surface area contributed by atoms with Crippen molar-refractivity contribution >= 4 is 11.4 Å². The van der Waals surface area contributed by atoms with E-state index in [1.807, 2.05) is 0 Å². The van der Waals surface area contributed by atoms with E-state index in [-0.39, 0.29) is 5.54 Å². The van der Waals surface area contributed by atoms with E-state index in [1.54, 1.807) is 0 Å². The SMILES string of the molecule is Cc1cc(C)c2c(c1)N[C@@]1(C)C[C@@H](c3ccccc3)N(c3ccccc3)[C@@H]21. The van der Waals surface area contributed by atoms with Crippen molar-refractivity contribution in [2.75, 3.05) is 10.2 Å². The number of rotatable bonds is 2. The summed E-state index contributed by atoms with van der Waals surface area (Å²) in [5, 5.41) is 3.91. The van der Waals surface area contributed by atoms with Gasteiger partial charge in [0.1, 0.15) is 0 Å². The molecule has 27 heavy (non-hydrogen) atoms. The van der Waals surface area contributed by atoms with Crippen LogP contribution in [-0.2, 0) is 0 Å². The number of aryl methyl sites for hydroxylation is 2. The van der Waals surface area contributed by atoms with Gasteiger partial charge in [-0.3, -0.25) is 0 Å². The third kappa shape index (κ3) is 2.47. The number of nitrogens with zero attached hydrogens (tertiary/aromatic N) is 1. The zero-order chi connectivity index (χ0) is 18.6. The molecule has 0 aromatic heterocycles. The first-order valence-electron chi connectivity index (χ1n) is 9.84. The number of benzene rings is 3. The smallest absolute Gasteiger partial charge is 0.0799 e. The van der Waals surface area contributed by atoms with Crippen LogP contribution in [0.25, 0.3) is 0 Å². The highest BCUT2D eigenvalue weighted by molar-refractivity contribution is 5.71. The summed E-state index contributed by atoms with van der Waals surface area (Å²) in [6.07, 6.45) is 1.09. The fraction of sp³-hybridized carbons (Fsp3) is 0.280. The number of hydrogen-bond acceptors (Lipinski definition) is 2.